The number of carbonyl (C=O) groups excluding carboxylic acids is 1. The molecule has 1 amide bonds. The van der Waals surface area contributed by atoms with E-state index in [-0.39, 0.29) is 11.4 Å². The molecular formula is C18H27N3O2. The van der Waals surface area contributed by atoms with Crippen LogP contribution < -0.4 is 10.1 Å². The zero-order chi connectivity index (χ0) is 16.3. The van der Waals surface area contributed by atoms with E-state index in [2.05, 4.69) is 22.2 Å². The Bertz CT molecular complexity index is 557. The van der Waals surface area contributed by atoms with Gasteiger partial charge in [0.15, 0.2) is 0 Å². The summed E-state index contributed by atoms with van der Waals surface area (Å²) in [5, 5.41) is 3.25. The Hall–Kier alpha value is -1.62. The lowest BCUT2D eigenvalue weighted by atomic mass is 9.77. The molecule has 2 heterocycles. The number of likely N-dealkylation sites (tertiary alicyclic amines) is 1. The van der Waals surface area contributed by atoms with Crippen molar-refractivity contribution in [2.24, 2.45) is 0 Å². The van der Waals surface area contributed by atoms with Gasteiger partial charge in [0.25, 0.3) is 0 Å². The molecule has 1 saturated carbocycles. The van der Waals surface area contributed by atoms with E-state index in [9.17, 15) is 4.79 Å². The summed E-state index contributed by atoms with van der Waals surface area (Å²) in [6.07, 6.45) is 7.79. The minimum atomic E-state index is -0.196. The third kappa shape index (κ3) is 3.83. The second kappa shape index (κ2) is 6.87. The quantitative estimate of drug-likeness (QED) is 0.874. The van der Waals surface area contributed by atoms with E-state index >= 15 is 0 Å². The van der Waals surface area contributed by atoms with Gasteiger partial charge in [-0.05, 0) is 58.7 Å². The van der Waals surface area contributed by atoms with Gasteiger partial charge in [-0.15, -0.1) is 0 Å². The first kappa shape index (κ1) is 16.2. The first-order valence-corrected chi connectivity index (χ1v) is 8.64. The van der Waals surface area contributed by atoms with Crippen LogP contribution in [0.3, 0.4) is 0 Å². The fourth-order valence-corrected chi connectivity index (χ4v) is 3.54. The Kier molecular flexibility index (Phi) is 4.85. The summed E-state index contributed by atoms with van der Waals surface area (Å²) in [6, 6.07) is 4.29. The summed E-state index contributed by atoms with van der Waals surface area (Å²) in [4.78, 5) is 19.0. The minimum absolute atomic E-state index is 0.157. The van der Waals surface area contributed by atoms with Gasteiger partial charge >= 0.3 is 0 Å². The normalized spacial score (nSPS) is 23.3. The molecule has 5 nitrogen and oxygen atoms in total. The fraction of sp³-hybridized carbons (Fsp3) is 0.667. The molecule has 0 aromatic carbocycles. The molecule has 3 rings (SSSR count). The predicted molar refractivity (Wildman–Crippen MR) is 89.5 cm³/mol. The van der Waals surface area contributed by atoms with Crippen LogP contribution in [0, 0.1) is 6.92 Å². The van der Waals surface area contributed by atoms with E-state index in [1.165, 1.54) is 6.42 Å². The molecule has 1 aliphatic carbocycles. The van der Waals surface area contributed by atoms with Crippen LogP contribution in [0.4, 0.5) is 0 Å². The number of hydrogen-bond acceptors (Lipinski definition) is 4. The van der Waals surface area contributed by atoms with Crippen molar-refractivity contribution in [3.8, 4) is 5.88 Å². The first-order valence-electron chi connectivity index (χ1n) is 8.64. The number of hydrogen-bond donors (Lipinski definition) is 1. The number of rotatable bonds is 6. The number of ether oxygens (including phenoxy) is 1. The van der Waals surface area contributed by atoms with Crippen molar-refractivity contribution in [2.45, 2.75) is 57.0 Å². The van der Waals surface area contributed by atoms with Crippen molar-refractivity contribution in [3.05, 3.63) is 23.9 Å². The average molecular weight is 317 g/mol. The number of amides is 1. The summed E-state index contributed by atoms with van der Waals surface area (Å²) in [6.45, 7) is 3.60. The Balaban J connectivity index is 1.54. The van der Waals surface area contributed by atoms with E-state index in [4.69, 9.17) is 4.74 Å². The van der Waals surface area contributed by atoms with Crippen molar-refractivity contribution < 1.29 is 9.53 Å². The molecule has 0 spiro atoms. The van der Waals surface area contributed by atoms with Gasteiger partial charge in [-0.3, -0.25) is 4.79 Å². The van der Waals surface area contributed by atoms with Crippen molar-refractivity contribution >= 4 is 5.91 Å². The molecule has 0 radical (unpaired) electrons. The average Bonchev–Trinajstić information content (AvgIpc) is 2.88. The van der Waals surface area contributed by atoms with Crippen LogP contribution in [0.15, 0.2) is 18.3 Å². The van der Waals surface area contributed by atoms with Crippen molar-refractivity contribution in [1.29, 1.82) is 0 Å². The highest BCUT2D eigenvalue weighted by molar-refractivity contribution is 5.77. The van der Waals surface area contributed by atoms with Gasteiger partial charge < -0.3 is 15.0 Å². The molecule has 1 aliphatic heterocycles. The molecule has 23 heavy (non-hydrogen) atoms. The Morgan fingerprint density at radius 2 is 2.30 bits per heavy atom. The topological polar surface area (TPSA) is 54.5 Å². The predicted octanol–water partition coefficient (Wildman–Crippen LogP) is 2.29. The molecule has 1 N–H and O–H groups in total. The maximum atomic E-state index is 12.4. The third-order valence-electron chi connectivity index (χ3n) is 5.25. The number of aryl methyl sites for hydroxylation is 1. The molecule has 2 aliphatic rings. The van der Waals surface area contributed by atoms with E-state index in [0.29, 0.717) is 24.9 Å². The van der Waals surface area contributed by atoms with Gasteiger partial charge in [0, 0.05) is 24.2 Å². The van der Waals surface area contributed by atoms with Crippen LogP contribution in [-0.2, 0) is 4.79 Å². The number of carbonyl (C=O) groups is 1. The summed E-state index contributed by atoms with van der Waals surface area (Å²) in [5.74, 6) is 0.827. The van der Waals surface area contributed by atoms with Crippen LogP contribution in [0.2, 0.25) is 0 Å². The van der Waals surface area contributed by atoms with Gasteiger partial charge in [0.2, 0.25) is 11.8 Å². The van der Waals surface area contributed by atoms with Crippen molar-refractivity contribution in [2.75, 3.05) is 20.2 Å². The maximum Gasteiger partial charge on any atom is 0.222 e. The van der Waals surface area contributed by atoms with E-state index in [1.54, 1.807) is 6.20 Å². The van der Waals surface area contributed by atoms with Crippen LogP contribution >= 0.6 is 0 Å². The Morgan fingerprint density at radius 1 is 1.48 bits per heavy atom. The highest BCUT2D eigenvalue weighted by atomic mass is 16.5. The lowest BCUT2D eigenvalue weighted by Gasteiger charge is -2.42. The fourth-order valence-electron chi connectivity index (χ4n) is 3.54. The number of nitrogens with one attached hydrogen (secondary N) is 1. The molecule has 1 atom stereocenters. The number of nitrogens with zero attached hydrogens (tertiary/aromatic N) is 2. The molecule has 5 heteroatoms. The lowest BCUT2D eigenvalue weighted by molar-refractivity contribution is -0.125. The summed E-state index contributed by atoms with van der Waals surface area (Å²) >= 11 is 0. The Labute approximate surface area is 138 Å². The van der Waals surface area contributed by atoms with Crippen LogP contribution in [0.1, 0.15) is 44.1 Å². The van der Waals surface area contributed by atoms with Crippen LogP contribution in [0.25, 0.3) is 0 Å². The highest BCUT2D eigenvalue weighted by Crippen LogP contribution is 2.33. The standard InChI is InChI=1S/C18H27N3O2/c1-14-6-3-10-19-17(14)23-13-18(8-5-9-18)20-16(22)12-15-7-4-11-21(15)2/h3,6,10,15H,4-5,7-9,11-13H2,1-2H3,(H,20,22). The van der Waals surface area contributed by atoms with Crippen molar-refractivity contribution in [3.63, 3.8) is 0 Å². The van der Waals surface area contributed by atoms with Crippen LogP contribution in [-0.4, -0.2) is 47.6 Å². The number of aromatic nitrogens is 1. The molecule has 1 saturated heterocycles. The lowest BCUT2D eigenvalue weighted by Crippen LogP contribution is -2.58. The molecular weight excluding hydrogens is 290 g/mol. The van der Waals surface area contributed by atoms with Gasteiger partial charge in [-0.1, -0.05) is 6.07 Å². The third-order valence-corrected chi connectivity index (χ3v) is 5.25. The molecule has 126 valence electrons. The van der Waals surface area contributed by atoms with Crippen LogP contribution in [0.5, 0.6) is 5.88 Å². The maximum absolute atomic E-state index is 12.4. The second-order valence-electron chi connectivity index (χ2n) is 7.08. The monoisotopic (exact) mass is 317 g/mol. The van der Waals surface area contributed by atoms with E-state index < -0.39 is 0 Å². The molecule has 1 aromatic rings. The zero-order valence-corrected chi connectivity index (χ0v) is 14.2. The van der Waals surface area contributed by atoms with E-state index in [1.807, 2.05) is 19.1 Å². The van der Waals surface area contributed by atoms with Gasteiger partial charge in [-0.25, -0.2) is 4.98 Å². The first-order chi connectivity index (χ1) is 11.1. The zero-order valence-electron chi connectivity index (χ0n) is 14.2. The molecule has 1 aromatic heterocycles. The molecule has 1 unspecified atom stereocenters. The highest BCUT2D eigenvalue weighted by Gasteiger charge is 2.40. The Morgan fingerprint density at radius 3 is 2.91 bits per heavy atom. The molecule has 2 fully saturated rings. The minimum Gasteiger partial charge on any atom is -0.475 e. The summed E-state index contributed by atoms with van der Waals surface area (Å²) in [5.41, 5.74) is 0.832. The largest absolute Gasteiger partial charge is 0.475 e. The summed E-state index contributed by atoms with van der Waals surface area (Å²) in [7, 11) is 2.11. The van der Waals surface area contributed by atoms with Crippen molar-refractivity contribution in [1.82, 2.24) is 15.2 Å². The summed E-state index contributed by atoms with van der Waals surface area (Å²) < 4.78 is 5.90. The molecule has 0 bridgehead atoms. The van der Waals surface area contributed by atoms with Gasteiger partial charge in [0.1, 0.15) is 6.61 Å². The number of pyridine rings is 1. The second-order valence-corrected chi connectivity index (χ2v) is 7.08. The van der Waals surface area contributed by atoms with Gasteiger partial charge in [0.05, 0.1) is 5.54 Å². The smallest absolute Gasteiger partial charge is 0.222 e. The van der Waals surface area contributed by atoms with Gasteiger partial charge in [-0.2, -0.15) is 0 Å². The van der Waals surface area contributed by atoms with E-state index in [0.717, 1.165) is 37.8 Å². The SMILES string of the molecule is Cc1cccnc1OCC1(NC(=O)CC2CCCN2C)CCC1.